The van der Waals surface area contributed by atoms with Crippen LogP contribution in [0.4, 0.5) is 20.3 Å². The second kappa shape index (κ2) is 10.4. The minimum atomic E-state index is -4.41. The Morgan fingerprint density at radius 2 is 1.85 bits per heavy atom. The van der Waals surface area contributed by atoms with Crippen molar-refractivity contribution in [1.29, 1.82) is 0 Å². The van der Waals surface area contributed by atoms with E-state index in [2.05, 4.69) is 15.6 Å². The summed E-state index contributed by atoms with van der Waals surface area (Å²) in [6.45, 7) is 1.67. The van der Waals surface area contributed by atoms with E-state index in [1.807, 2.05) is 0 Å². The van der Waals surface area contributed by atoms with Gasteiger partial charge in [-0.25, -0.2) is 18.1 Å². The van der Waals surface area contributed by atoms with E-state index in [9.17, 15) is 31.3 Å². The molecule has 0 unspecified atom stereocenters. The standard InChI is InChI=1S/C25H23F2N5O5S2/c1-14(28-22(33)11-15-9-17(26)12-18(27)10-15)23(34)29-19-6-4-16(5-7-19)20-13-31-24-21(38-25(31)30-20)3-2-8-32(24)39(35,36)37/h4-7,9-10,12-14H,2-3,8,11H2,1H3,(H,28,33)(H,29,34)(H,35,36,37)/t14-/m0/s1. The summed E-state index contributed by atoms with van der Waals surface area (Å²) in [6.07, 6.45) is 2.71. The molecule has 3 heterocycles. The third-order valence-electron chi connectivity index (χ3n) is 6.15. The van der Waals surface area contributed by atoms with Crippen molar-refractivity contribution < 1.29 is 31.3 Å². The first kappa shape index (κ1) is 26.7. The molecule has 4 aromatic rings. The van der Waals surface area contributed by atoms with E-state index < -0.39 is 39.8 Å². The number of aryl methyl sites for hydroxylation is 1. The summed E-state index contributed by atoms with van der Waals surface area (Å²) >= 11 is 1.36. The van der Waals surface area contributed by atoms with Crippen molar-refractivity contribution in [2.24, 2.45) is 0 Å². The van der Waals surface area contributed by atoms with E-state index in [4.69, 9.17) is 0 Å². The zero-order valence-electron chi connectivity index (χ0n) is 20.5. The summed E-state index contributed by atoms with van der Waals surface area (Å²) < 4.78 is 62.7. The fourth-order valence-electron chi connectivity index (χ4n) is 4.38. The van der Waals surface area contributed by atoms with Gasteiger partial charge in [0.1, 0.15) is 23.5 Å². The zero-order valence-corrected chi connectivity index (χ0v) is 22.2. The molecule has 3 N–H and O–H groups in total. The maximum atomic E-state index is 13.3. The van der Waals surface area contributed by atoms with Gasteiger partial charge in [-0.1, -0.05) is 23.5 Å². The van der Waals surface area contributed by atoms with Crippen LogP contribution in [0.2, 0.25) is 0 Å². The molecule has 0 radical (unpaired) electrons. The van der Waals surface area contributed by atoms with E-state index in [0.29, 0.717) is 41.1 Å². The number of imidazole rings is 1. The second-order valence-electron chi connectivity index (χ2n) is 9.09. The summed E-state index contributed by atoms with van der Waals surface area (Å²) in [6, 6.07) is 8.69. The summed E-state index contributed by atoms with van der Waals surface area (Å²) in [5.41, 5.74) is 1.92. The lowest BCUT2D eigenvalue weighted by molar-refractivity contribution is -0.125. The van der Waals surface area contributed by atoms with Gasteiger partial charge in [-0.15, -0.1) is 0 Å². The van der Waals surface area contributed by atoms with Crippen LogP contribution in [0, 0.1) is 11.6 Å². The van der Waals surface area contributed by atoms with Crippen LogP contribution in [0.5, 0.6) is 0 Å². The molecule has 204 valence electrons. The van der Waals surface area contributed by atoms with Crippen LogP contribution in [0.3, 0.4) is 0 Å². The number of carbonyl (C=O) groups excluding carboxylic acids is 2. The Labute approximate surface area is 226 Å². The average molecular weight is 576 g/mol. The van der Waals surface area contributed by atoms with Crippen molar-refractivity contribution in [3.8, 4) is 11.3 Å². The van der Waals surface area contributed by atoms with Crippen molar-refractivity contribution in [3.63, 3.8) is 0 Å². The molecule has 0 bridgehead atoms. The lowest BCUT2D eigenvalue weighted by atomic mass is 10.1. The lowest BCUT2D eigenvalue weighted by Crippen LogP contribution is -2.42. The van der Waals surface area contributed by atoms with Gasteiger partial charge in [-0.05, 0) is 49.6 Å². The number of halogens is 2. The van der Waals surface area contributed by atoms with Crippen LogP contribution in [0.15, 0.2) is 48.7 Å². The lowest BCUT2D eigenvalue weighted by Gasteiger charge is -2.24. The highest BCUT2D eigenvalue weighted by Gasteiger charge is 2.31. The minimum absolute atomic E-state index is 0.151. The molecule has 2 amide bonds. The number of nitrogens with one attached hydrogen (secondary N) is 2. The average Bonchev–Trinajstić information content (AvgIpc) is 3.41. The number of aromatic nitrogens is 2. The molecule has 5 rings (SSSR count). The Morgan fingerprint density at radius 1 is 1.15 bits per heavy atom. The molecule has 0 saturated heterocycles. The van der Waals surface area contributed by atoms with Crippen LogP contribution < -0.4 is 14.9 Å². The minimum Gasteiger partial charge on any atom is -0.344 e. The van der Waals surface area contributed by atoms with Crippen molar-refractivity contribution in [2.75, 3.05) is 16.2 Å². The molecule has 0 saturated carbocycles. The number of amides is 2. The largest absolute Gasteiger partial charge is 0.361 e. The first-order valence-corrected chi connectivity index (χ1v) is 14.1. The van der Waals surface area contributed by atoms with Gasteiger partial charge < -0.3 is 10.6 Å². The third-order valence-corrected chi connectivity index (χ3v) is 8.17. The first-order valence-electron chi connectivity index (χ1n) is 11.9. The molecule has 2 aromatic heterocycles. The quantitative estimate of drug-likeness (QED) is 0.289. The topological polar surface area (TPSA) is 133 Å². The Balaban J connectivity index is 1.24. The Kier molecular flexibility index (Phi) is 7.09. The molecule has 2 aromatic carbocycles. The second-order valence-corrected chi connectivity index (χ2v) is 11.5. The van der Waals surface area contributed by atoms with Crippen molar-refractivity contribution in [3.05, 3.63) is 70.7 Å². The zero-order chi connectivity index (χ0) is 27.9. The van der Waals surface area contributed by atoms with Gasteiger partial charge in [-0.2, -0.15) is 8.42 Å². The van der Waals surface area contributed by atoms with Crippen LogP contribution in [0.25, 0.3) is 16.2 Å². The molecule has 1 aliphatic rings. The van der Waals surface area contributed by atoms with E-state index in [1.54, 1.807) is 34.9 Å². The van der Waals surface area contributed by atoms with Gasteiger partial charge in [0.05, 0.1) is 17.0 Å². The highest BCUT2D eigenvalue weighted by molar-refractivity contribution is 7.87. The number of anilines is 2. The Morgan fingerprint density at radius 3 is 2.51 bits per heavy atom. The Bertz CT molecular complexity index is 1660. The van der Waals surface area contributed by atoms with E-state index in [0.717, 1.165) is 26.9 Å². The number of rotatable bonds is 7. The van der Waals surface area contributed by atoms with E-state index >= 15 is 0 Å². The number of thiazole rings is 1. The molecular formula is C25H23F2N5O5S2. The Hall–Kier alpha value is -3.88. The number of benzene rings is 2. The fourth-order valence-corrected chi connectivity index (χ4v) is 6.37. The number of nitrogens with zero attached hydrogens (tertiary/aromatic N) is 3. The molecule has 1 atom stereocenters. The molecule has 10 nitrogen and oxygen atoms in total. The van der Waals surface area contributed by atoms with Gasteiger partial charge in [-0.3, -0.25) is 18.5 Å². The van der Waals surface area contributed by atoms with E-state index in [1.165, 1.54) is 18.3 Å². The van der Waals surface area contributed by atoms with Crippen LogP contribution in [0.1, 0.15) is 23.8 Å². The normalized spacial score (nSPS) is 14.2. The number of carbonyl (C=O) groups is 2. The van der Waals surface area contributed by atoms with Gasteiger partial charge in [0.25, 0.3) is 0 Å². The third kappa shape index (κ3) is 5.77. The molecule has 14 heteroatoms. The number of hydrogen-bond donors (Lipinski definition) is 3. The van der Waals surface area contributed by atoms with Gasteiger partial charge >= 0.3 is 10.3 Å². The monoisotopic (exact) mass is 575 g/mol. The number of hydrogen-bond acceptors (Lipinski definition) is 6. The highest BCUT2D eigenvalue weighted by Crippen LogP contribution is 2.37. The highest BCUT2D eigenvalue weighted by atomic mass is 32.2. The summed E-state index contributed by atoms with van der Waals surface area (Å²) in [4.78, 5) is 30.8. The molecule has 1 aliphatic heterocycles. The SMILES string of the molecule is C[C@H](NC(=O)Cc1cc(F)cc(F)c1)C(=O)Nc1ccc(-c2cn3c4c(sc3n2)CCCN4S(=O)(=O)O)cc1. The molecule has 0 aliphatic carbocycles. The number of fused-ring (bicyclic) bond motifs is 3. The van der Waals surface area contributed by atoms with Crippen molar-refractivity contribution in [1.82, 2.24) is 14.7 Å². The smallest absolute Gasteiger partial charge is 0.344 e. The summed E-state index contributed by atoms with van der Waals surface area (Å²) in [5.74, 6) is -2.23. The maximum Gasteiger partial charge on any atom is 0.361 e. The summed E-state index contributed by atoms with van der Waals surface area (Å²) in [7, 11) is -4.41. The predicted octanol–water partition coefficient (Wildman–Crippen LogP) is 3.58. The molecular weight excluding hydrogens is 552 g/mol. The van der Waals surface area contributed by atoms with Gasteiger partial charge in [0.2, 0.25) is 11.8 Å². The van der Waals surface area contributed by atoms with Crippen LogP contribution in [-0.2, 0) is 32.7 Å². The molecule has 0 fully saturated rings. The van der Waals surface area contributed by atoms with Crippen LogP contribution in [-0.4, -0.2) is 46.8 Å². The van der Waals surface area contributed by atoms with Gasteiger partial charge in [0, 0.05) is 30.1 Å². The fraction of sp³-hybridized carbons (Fsp3) is 0.240. The predicted molar refractivity (Wildman–Crippen MR) is 142 cm³/mol. The van der Waals surface area contributed by atoms with Crippen molar-refractivity contribution in [2.45, 2.75) is 32.2 Å². The maximum absolute atomic E-state index is 13.3. The van der Waals surface area contributed by atoms with Crippen LogP contribution >= 0.6 is 11.3 Å². The molecule has 39 heavy (non-hydrogen) atoms. The van der Waals surface area contributed by atoms with E-state index in [-0.39, 0.29) is 18.5 Å². The summed E-state index contributed by atoms with van der Waals surface area (Å²) in [5, 5.41) is 5.20. The molecule has 0 spiro atoms. The van der Waals surface area contributed by atoms with Gasteiger partial charge in [0.15, 0.2) is 4.96 Å². The van der Waals surface area contributed by atoms with Crippen molar-refractivity contribution >= 4 is 49.9 Å². The first-order chi connectivity index (χ1) is 18.5.